The molecule has 2 nitrogen and oxygen atoms in total. The van der Waals surface area contributed by atoms with Crippen LogP contribution in [0, 0.1) is 0 Å². The van der Waals surface area contributed by atoms with E-state index in [1.54, 1.807) is 0 Å². The largest absolute Gasteiger partial charge is 0.351 e. The van der Waals surface area contributed by atoms with Crippen LogP contribution < -0.4 is 5.73 Å². The molecule has 0 saturated heterocycles. The number of nitrogens with zero attached hydrogens (tertiary/aromatic N) is 1. The summed E-state index contributed by atoms with van der Waals surface area (Å²) in [6, 6.07) is 2.51. The minimum Gasteiger partial charge on any atom is -0.351 e. The smallest absolute Gasteiger partial charge is 0.0312 e. The van der Waals surface area contributed by atoms with Crippen LogP contribution in [0.3, 0.4) is 0 Å². The minimum absolute atomic E-state index is 0.293. The van der Waals surface area contributed by atoms with Gasteiger partial charge in [-0.05, 0) is 37.3 Å². The SMILES string of the molecule is CCCCn1ccc2c1CCCC2N. The van der Waals surface area contributed by atoms with E-state index in [2.05, 4.69) is 23.8 Å². The van der Waals surface area contributed by atoms with E-state index in [4.69, 9.17) is 5.73 Å². The maximum atomic E-state index is 6.08. The summed E-state index contributed by atoms with van der Waals surface area (Å²) < 4.78 is 2.40. The highest BCUT2D eigenvalue weighted by atomic mass is 15.0. The van der Waals surface area contributed by atoms with Crippen molar-refractivity contribution in [2.24, 2.45) is 5.73 Å². The van der Waals surface area contributed by atoms with Gasteiger partial charge in [0.1, 0.15) is 0 Å². The highest BCUT2D eigenvalue weighted by molar-refractivity contribution is 5.28. The van der Waals surface area contributed by atoms with Crippen LogP contribution in [0.15, 0.2) is 12.3 Å². The van der Waals surface area contributed by atoms with Crippen molar-refractivity contribution in [2.75, 3.05) is 0 Å². The summed E-state index contributed by atoms with van der Waals surface area (Å²) in [6.07, 6.45) is 8.38. The maximum absolute atomic E-state index is 6.08. The minimum atomic E-state index is 0.293. The van der Waals surface area contributed by atoms with Crippen molar-refractivity contribution in [3.63, 3.8) is 0 Å². The lowest BCUT2D eigenvalue weighted by Crippen LogP contribution is -2.18. The normalized spacial score (nSPS) is 20.9. The molecule has 0 aliphatic heterocycles. The zero-order valence-corrected chi connectivity index (χ0v) is 9.00. The Bertz CT molecular complexity index is 301. The summed E-state index contributed by atoms with van der Waals surface area (Å²) >= 11 is 0. The zero-order chi connectivity index (χ0) is 9.97. The first kappa shape index (κ1) is 9.78. The summed E-state index contributed by atoms with van der Waals surface area (Å²) in [5.41, 5.74) is 8.97. The molecule has 1 unspecified atom stereocenters. The standard InChI is InChI=1S/C12H20N2/c1-2-3-8-14-9-7-10-11(13)5-4-6-12(10)14/h7,9,11H,2-6,8,13H2,1H3. The number of fused-ring (bicyclic) bond motifs is 1. The average molecular weight is 192 g/mol. The van der Waals surface area contributed by atoms with Crippen LogP contribution in [-0.2, 0) is 13.0 Å². The number of unbranched alkanes of at least 4 members (excludes halogenated alkanes) is 1. The molecule has 1 heterocycles. The lowest BCUT2D eigenvalue weighted by Gasteiger charge is -2.20. The molecule has 1 aliphatic carbocycles. The van der Waals surface area contributed by atoms with Gasteiger partial charge < -0.3 is 10.3 Å². The molecule has 1 aromatic heterocycles. The van der Waals surface area contributed by atoms with Gasteiger partial charge in [0, 0.05) is 24.5 Å². The molecular formula is C12H20N2. The van der Waals surface area contributed by atoms with Crippen molar-refractivity contribution in [3.8, 4) is 0 Å². The van der Waals surface area contributed by atoms with Crippen LogP contribution in [0.4, 0.5) is 0 Å². The van der Waals surface area contributed by atoms with Gasteiger partial charge in [-0.15, -0.1) is 0 Å². The molecule has 1 aromatic rings. The molecule has 0 saturated carbocycles. The Labute approximate surface area is 86.1 Å². The summed E-state index contributed by atoms with van der Waals surface area (Å²) in [7, 11) is 0. The fraction of sp³-hybridized carbons (Fsp3) is 0.667. The van der Waals surface area contributed by atoms with Crippen LogP contribution in [0.2, 0.25) is 0 Å². The van der Waals surface area contributed by atoms with Crippen molar-refractivity contribution in [2.45, 2.75) is 51.6 Å². The number of aryl methyl sites for hydroxylation is 1. The topological polar surface area (TPSA) is 30.9 Å². The van der Waals surface area contributed by atoms with E-state index >= 15 is 0 Å². The first-order valence-corrected chi connectivity index (χ1v) is 5.76. The highest BCUT2D eigenvalue weighted by Crippen LogP contribution is 2.28. The molecule has 2 N–H and O–H groups in total. The fourth-order valence-corrected chi connectivity index (χ4v) is 2.33. The number of rotatable bonds is 3. The first-order chi connectivity index (χ1) is 6.83. The number of hydrogen-bond donors (Lipinski definition) is 1. The quantitative estimate of drug-likeness (QED) is 0.784. The van der Waals surface area contributed by atoms with E-state index < -0.39 is 0 Å². The van der Waals surface area contributed by atoms with Gasteiger partial charge in [0.25, 0.3) is 0 Å². The third-order valence-electron chi connectivity index (χ3n) is 3.19. The predicted octanol–water partition coefficient (Wildman–Crippen LogP) is 2.62. The number of hydrogen-bond acceptors (Lipinski definition) is 1. The van der Waals surface area contributed by atoms with Crippen LogP contribution in [0.25, 0.3) is 0 Å². The van der Waals surface area contributed by atoms with E-state index in [-0.39, 0.29) is 0 Å². The van der Waals surface area contributed by atoms with Gasteiger partial charge in [0.15, 0.2) is 0 Å². The fourth-order valence-electron chi connectivity index (χ4n) is 2.33. The van der Waals surface area contributed by atoms with Crippen molar-refractivity contribution < 1.29 is 0 Å². The molecule has 2 rings (SSSR count). The monoisotopic (exact) mass is 192 g/mol. The van der Waals surface area contributed by atoms with Gasteiger partial charge in [0.2, 0.25) is 0 Å². The Balaban J connectivity index is 2.18. The van der Waals surface area contributed by atoms with Crippen LogP contribution in [0.1, 0.15) is 49.9 Å². The van der Waals surface area contributed by atoms with Gasteiger partial charge in [-0.3, -0.25) is 0 Å². The Morgan fingerprint density at radius 2 is 2.43 bits per heavy atom. The first-order valence-electron chi connectivity index (χ1n) is 5.76. The zero-order valence-electron chi connectivity index (χ0n) is 9.00. The molecular weight excluding hydrogens is 172 g/mol. The van der Waals surface area contributed by atoms with Crippen molar-refractivity contribution in [1.29, 1.82) is 0 Å². The molecule has 14 heavy (non-hydrogen) atoms. The van der Waals surface area contributed by atoms with Crippen LogP contribution >= 0.6 is 0 Å². The summed E-state index contributed by atoms with van der Waals surface area (Å²) in [4.78, 5) is 0. The molecule has 0 spiro atoms. The molecule has 0 fully saturated rings. The summed E-state index contributed by atoms with van der Waals surface area (Å²) in [6.45, 7) is 3.40. The summed E-state index contributed by atoms with van der Waals surface area (Å²) in [5, 5.41) is 0. The Morgan fingerprint density at radius 1 is 1.57 bits per heavy atom. The van der Waals surface area contributed by atoms with Crippen LogP contribution in [-0.4, -0.2) is 4.57 Å². The average Bonchev–Trinajstić information content (AvgIpc) is 2.60. The van der Waals surface area contributed by atoms with Crippen LogP contribution in [0.5, 0.6) is 0 Å². The number of aromatic nitrogens is 1. The van der Waals surface area contributed by atoms with E-state index in [9.17, 15) is 0 Å². The van der Waals surface area contributed by atoms with Gasteiger partial charge in [-0.25, -0.2) is 0 Å². The second kappa shape index (κ2) is 4.18. The van der Waals surface area contributed by atoms with E-state index in [0.29, 0.717) is 6.04 Å². The predicted molar refractivity (Wildman–Crippen MR) is 59.2 cm³/mol. The highest BCUT2D eigenvalue weighted by Gasteiger charge is 2.19. The Kier molecular flexibility index (Phi) is 2.92. The van der Waals surface area contributed by atoms with E-state index in [0.717, 1.165) is 6.42 Å². The lowest BCUT2D eigenvalue weighted by molar-refractivity contribution is 0.530. The van der Waals surface area contributed by atoms with Gasteiger partial charge in [0.05, 0.1) is 0 Å². The molecule has 1 atom stereocenters. The van der Waals surface area contributed by atoms with E-state index in [1.165, 1.54) is 43.5 Å². The Hall–Kier alpha value is -0.760. The van der Waals surface area contributed by atoms with Gasteiger partial charge in [-0.1, -0.05) is 13.3 Å². The summed E-state index contributed by atoms with van der Waals surface area (Å²) in [5.74, 6) is 0. The molecule has 78 valence electrons. The second-order valence-electron chi connectivity index (χ2n) is 4.26. The second-order valence-corrected chi connectivity index (χ2v) is 4.26. The third-order valence-corrected chi connectivity index (χ3v) is 3.19. The molecule has 1 aliphatic rings. The molecule has 0 radical (unpaired) electrons. The molecule has 0 amide bonds. The van der Waals surface area contributed by atoms with Crippen molar-refractivity contribution in [1.82, 2.24) is 4.57 Å². The number of nitrogens with two attached hydrogens (primary N) is 1. The lowest BCUT2D eigenvalue weighted by atomic mass is 9.94. The maximum Gasteiger partial charge on any atom is 0.0312 e. The Morgan fingerprint density at radius 3 is 3.21 bits per heavy atom. The molecule has 0 bridgehead atoms. The van der Waals surface area contributed by atoms with Crippen molar-refractivity contribution in [3.05, 3.63) is 23.5 Å². The van der Waals surface area contributed by atoms with Gasteiger partial charge >= 0.3 is 0 Å². The molecule has 0 aromatic carbocycles. The third kappa shape index (κ3) is 1.71. The molecule has 2 heteroatoms. The van der Waals surface area contributed by atoms with Crippen molar-refractivity contribution >= 4 is 0 Å². The van der Waals surface area contributed by atoms with Gasteiger partial charge in [-0.2, -0.15) is 0 Å². The van der Waals surface area contributed by atoms with E-state index in [1.807, 2.05) is 0 Å².